The van der Waals surface area contributed by atoms with E-state index in [0.717, 1.165) is 14.4 Å². The molecule has 0 amide bonds. The molecular formula is C14H12BrN4O2S+. The van der Waals surface area contributed by atoms with E-state index in [9.17, 15) is 0 Å². The second kappa shape index (κ2) is 6.51. The monoisotopic (exact) mass is 379 g/mol. The minimum absolute atomic E-state index is 0.323. The standard InChI is InChI=1S/C14H11BrN4O2S/c15-13-5-4-12(22-13)11-6-7-16-14(18-11)17-9-2-1-3-10(8-9)19(20)21/h1-8,20-21H,(H,16,17,18)/p+1. The van der Waals surface area contributed by atoms with Crippen LogP contribution in [0.5, 0.6) is 0 Å². The van der Waals surface area contributed by atoms with Crippen molar-refractivity contribution < 1.29 is 15.6 Å². The first-order valence-corrected chi connectivity index (χ1v) is 7.94. The van der Waals surface area contributed by atoms with Gasteiger partial charge in [-0.3, -0.25) is 0 Å². The lowest BCUT2D eigenvalue weighted by molar-refractivity contribution is -1.19. The van der Waals surface area contributed by atoms with E-state index >= 15 is 0 Å². The van der Waals surface area contributed by atoms with Crippen molar-refractivity contribution in [2.45, 2.75) is 0 Å². The van der Waals surface area contributed by atoms with Crippen LogP contribution in [0.2, 0.25) is 0 Å². The summed E-state index contributed by atoms with van der Waals surface area (Å²) in [5.41, 5.74) is 1.81. The van der Waals surface area contributed by atoms with Crippen LogP contribution in [-0.4, -0.2) is 20.4 Å². The summed E-state index contributed by atoms with van der Waals surface area (Å²) in [6, 6.07) is 12.5. The van der Waals surface area contributed by atoms with E-state index in [4.69, 9.17) is 10.4 Å². The van der Waals surface area contributed by atoms with Crippen molar-refractivity contribution in [1.29, 1.82) is 0 Å². The van der Waals surface area contributed by atoms with Gasteiger partial charge in [-0.25, -0.2) is 9.97 Å². The Morgan fingerprint density at radius 2 is 2.00 bits per heavy atom. The lowest BCUT2D eigenvalue weighted by atomic mass is 10.3. The average Bonchev–Trinajstić information content (AvgIpc) is 2.94. The molecule has 0 aliphatic carbocycles. The van der Waals surface area contributed by atoms with Gasteiger partial charge in [0.05, 0.1) is 14.4 Å². The SMILES string of the molecule is O[NH+](O)c1cccc(Nc2nccc(-c3ccc(Br)s3)n2)c1. The molecular weight excluding hydrogens is 368 g/mol. The first-order chi connectivity index (χ1) is 10.6. The molecule has 1 aromatic carbocycles. The van der Waals surface area contributed by atoms with Crippen LogP contribution >= 0.6 is 27.3 Å². The van der Waals surface area contributed by atoms with Gasteiger partial charge in [0.2, 0.25) is 5.95 Å². The van der Waals surface area contributed by atoms with Crippen molar-refractivity contribution in [3.8, 4) is 10.6 Å². The van der Waals surface area contributed by atoms with E-state index in [1.54, 1.807) is 41.8 Å². The molecule has 3 rings (SSSR count). The quantitative estimate of drug-likeness (QED) is 0.523. The summed E-state index contributed by atoms with van der Waals surface area (Å²) in [7, 11) is 0. The van der Waals surface area contributed by atoms with Crippen molar-refractivity contribution in [2.75, 3.05) is 5.32 Å². The highest BCUT2D eigenvalue weighted by Crippen LogP contribution is 2.30. The zero-order chi connectivity index (χ0) is 15.5. The second-order valence-corrected chi connectivity index (χ2v) is 6.86. The molecule has 6 nitrogen and oxygen atoms in total. The van der Waals surface area contributed by atoms with Crippen molar-refractivity contribution in [3.05, 3.63) is 52.4 Å². The van der Waals surface area contributed by atoms with E-state index < -0.39 is 5.23 Å². The lowest BCUT2D eigenvalue weighted by Crippen LogP contribution is -3.01. The Morgan fingerprint density at radius 3 is 2.73 bits per heavy atom. The van der Waals surface area contributed by atoms with Crippen LogP contribution in [0, 0.1) is 0 Å². The molecule has 22 heavy (non-hydrogen) atoms. The highest BCUT2D eigenvalue weighted by molar-refractivity contribution is 9.11. The normalized spacial score (nSPS) is 10.9. The van der Waals surface area contributed by atoms with Crippen LogP contribution in [-0.2, 0) is 0 Å². The largest absolute Gasteiger partial charge is 0.324 e. The fourth-order valence-electron chi connectivity index (χ4n) is 1.87. The maximum absolute atomic E-state index is 9.12. The highest BCUT2D eigenvalue weighted by atomic mass is 79.9. The van der Waals surface area contributed by atoms with E-state index in [1.807, 2.05) is 18.2 Å². The van der Waals surface area contributed by atoms with Gasteiger partial charge in [0.1, 0.15) is 0 Å². The Bertz CT molecular complexity index is 794. The molecule has 0 saturated heterocycles. The number of thiophene rings is 1. The Labute approximate surface area is 138 Å². The number of rotatable bonds is 4. The van der Waals surface area contributed by atoms with Gasteiger partial charge in [0, 0.05) is 24.0 Å². The number of aromatic nitrogens is 2. The van der Waals surface area contributed by atoms with E-state index in [0.29, 0.717) is 17.3 Å². The van der Waals surface area contributed by atoms with E-state index in [2.05, 4.69) is 31.2 Å². The number of nitrogens with one attached hydrogen (secondary N) is 2. The highest BCUT2D eigenvalue weighted by Gasteiger charge is 2.08. The van der Waals surface area contributed by atoms with Gasteiger partial charge in [0.15, 0.2) is 5.69 Å². The van der Waals surface area contributed by atoms with Gasteiger partial charge in [-0.05, 0) is 45.4 Å². The fraction of sp³-hybridized carbons (Fsp3) is 0. The van der Waals surface area contributed by atoms with Crippen LogP contribution in [0.15, 0.2) is 52.4 Å². The fourth-order valence-corrected chi connectivity index (χ4v) is 3.23. The van der Waals surface area contributed by atoms with Gasteiger partial charge in [0.25, 0.3) is 0 Å². The number of quaternary nitrogens is 1. The predicted octanol–water partition coefficient (Wildman–Crippen LogP) is 3.01. The number of halogens is 1. The maximum Gasteiger partial charge on any atom is 0.227 e. The van der Waals surface area contributed by atoms with E-state index in [1.165, 1.54) is 0 Å². The summed E-state index contributed by atoms with van der Waals surface area (Å²) in [5, 5.41) is 20.6. The third-order valence-corrected chi connectivity index (χ3v) is 4.50. The van der Waals surface area contributed by atoms with Crippen LogP contribution in [0.4, 0.5) is 17.3 Å². The first kappa shape index (κ1) is 15.1. The smallest absolute Gasteiger partial charge is 0.227 e. The number of hydrogen-bond donors (Lipinski definition) is 4. The van der Waals surface area contributed by atoms with E-state index in [-0.39, 0.29) is 0 Å². The molecule has 0 aliphatic rings. The maximum atomic E-state index is 9.12. The molecule has 0 atom stereocenters. The van der Waals surface area contributed by atoms with Crippen molar-refractivity contribution in [2.24, 2.45) is 0 Å². The number of hydrogen-bond acceptors (Lipinski definition) is 6. The summed E-state index contributed by atoms with van der Waals surface area (Å²) in [4.78, 5) is 9.68. The molecule has 0 spiro atoms. The Hall–Kier alpha value is -1.84. The average molecular weight is 380 g/mol. The van der Waals surface area contributed by atoms with Gasteiger partial charge >= 0.3 is 0 Å². The third kappa shape index (κ3) is 3.49. The minimum atomic E-state index is -0.721. The molecule has 2 aromatic heterocycles. The number of benzene rings is 1. The van der Waals surface area contributed by atoms with Crippen LogP contribution in [0.25, 0.3) is 10.6 Å². The zero-order valence-electron chi connectivity index (χ0n) is 11.2. The molecule has 3 aromatic rings. The Morgan fingerprint density at radius 1 is 1.14 bits per heavy atom. The van der Waals surface area contributed by atoms with Crippen LogP contribution < -0.4 is 10.5 Å². The second-order valence-electron chi connectivity index (χ2n) is 4.40. The molecule has 8 heteroatoms. The van der Waals surface area contributed by atoms with Crippen LogP contribution in [0.1, 0.15) is 0 Å². The molecule has 0 radical (unpaired) electrons. The summed E-state index contributed by atoms with van der Waals surface area (Å²) in [5.74, 6) is 0.441. The van der Waals surface area contributed by atoms with Gasteiger partial charge in [-0.15, -0.1) is 11.3 Å². The summed E-state index contributed by atoms with van der Waals surface area (Å²) >= 11 is 5.02. The Kier molecular flexibility index (Phi) is 4.46. The number of anilines is 2. The summed E-state index contributed by atoms with van der Waals surface area (Å²) < 4.78 is 1.04. The van der Waals surface area contributed by atoms with Crippen molar-refractivity contribution in [1.82, 2.24) is 9.97 Å². The zero-order valence-corrected chi connectivity index (χ0v) is 13.6. The molecule has 2 heterocycles. The molecule has 0 unspecified atom stereocenters. The minimum Gasteiger partial charge on any atom is -0.324 e. The molecule has 4 N–H and O–H groups in total. The number of nitrogens with zero attached hydrogens (tertiary/aromatic N) is 2. The van der Waals surface area contributed by atoms with Crippen molar-refractivity contribution >= 4 is 44.6 Å². The van der Waals surface area contributed by atoms with Crippen LogP contribution in [0.3, 0.4) is 0 Å². The topological polar surface area (TPSA) is 82.7 Å². The molecule has 0 bridgehead atoms. The molecule has 0 fully saturated rings. The van der Waals surface area contributed by atoms with Crippen molar-refractivity contribution in [3.63, 3.8) is 0 Å². The molecule has 0 saturated carbocycles. The summed E-state index contributed by atoms with van der Waals surface area (Å²) in [6.45, 7) is 0. The lowest BCUT2D eigenvalue weighted by Gasteiger charge is -2.07. The third-order valence-electron chi connectivity index (χ3n) is 2.86. The Balaban J connectivity index is 1.85. The predicted molar refractivity (Wildman–Crippen MR) is 87.0 cm³/mol. The van der Waals surface area contributed by atoms with Gasteiger partial charge in [-0.2, -0.15) is 10.4 Å². The van der Waals surface area contributed by atoms with Gasteiger partial charge < -0.3 is 5.32 Å². The summed E-state index contributed by atoms with van der Waals surface area (Å²) in [6.07, 6.45) is 1.68. The van der Waals surface area contributed by atoms with Gasteiger partial charge in [-0.1, -0.05) is 6.07 Å². The first-order valence-electron chi connectivity index (χ1n) is 6.33. The molecule has 112 valence electrons. The molecule has 0 aliphatic heterocycles.